The molecular weight excluding hydrogens is 721 g/mol. The van der Waals surface area contributed by atoms with Crippen LogP contribution in [0.4, 0.5) is 0 Å². The Bertz CT molecular complexity index is 1030. The number of rotatable bonds is 44. The highest BCUT2D eigenvalue weighted by Gasteiger charge is 2.19. The van der Waals surface area contributed by atoms with E-state index in [0.29, 0.717) is 19.3 Å². The lowest BCUT2D eigenvalue weighted by Gasteiger charge is -2.18. The summed E-state index contributed by atoms with van der Waals surface area (Å²) in [6.07, 6.45) is 55.3. The Hall–Kier alpha value is -2.63. The van der Waals surface area contributed by atoms with Gasteiger partial charge in [0.2, 0.25) is 0 Å². The van der Waals surface area contributed by atoms with Crippen molar-refractivity contribution in [3.63, 3.8) is 0 Å². The van der Waals surface area contributed by atoms with Gasteiger partial charge in [0.15, 0.2) is 6.10 Å². The van der Waals surface area contributed by atoms with Crippen molar-refractivity contribution in [1.82, 2.24) is 0 Å². The minimum Gasteiger partial charge on any atom is -0.462 e. The van der Waals surface area contributed by atoms with Gasteiger partial charge in [-0.15, -0.1) is 0 Å². The Morgan fingerprint density at radius 1 is 0.345 bits per heavy atom. The summed E-state index contributed by atoms with van der Waals surface area (Å²) in [5.41, 5.74) is 0. The molecule has 0 rings (SSSR count). The van der Waals surface area contributed by atoms with Crippen molar-refractivity contribution < 1.29 is 28.6 Å². The van der Waals surface area contributed by atoms with Crippen LogP contribution in [-0.2, 0) is 28.6 Å². The molecule has 58 heavy (non-hydrogen) atoms. The molecule has 0 aromatic rings. The number of hydrogen-bond donors (Lipinski definition) is 0. The molecule has 0 amide bonds. The average Bonchev–Trinajstić information content (AvgIpc) is 3.22. The summed E-state index contributed by atoms with van der Waals surface area (Å²) >= 11 is 0. The molecule has 336 valence electrons. The topological polar surface area (TPSA) is 78.9 Å². The number of unbranched alkanes of at least 4 members (excludes halogenated alkanes) is 27. The number of carbonyl (C=O) groups is 3. The molecule has 0 fully saturated rings. The normalized spacial score (nSPS) is 12.4. The molecule has 6 nitrogen and oxygen atoms in total. The van der Waals surface area contributed by atoms with Crippen LogP contribution in [0.25, 0.3) is 0 Å². The molecule has 0 aromatic carbocycles. The van der Waals surface area contributed by atoms with E-state index in [-0.39, 0.29) is 31.1 Å². The highest BCUT2D eigenvalue weighted by Crippen LogP contribution is 2.15. The molecule has 6 heteroatoms. The van der Waals surface area contributed by atoms with Gasteiger partial charge in [-0.25, -0.2) is 0 Å². The molecule has 0 N–H and O–H groups in total. The van der Waals surface area contributed by atoms with Gasteiger partial charge in [-0.1, -0.05) is 217 Å². The molecule has 0 heterocycles. The quantitative estimate of drug-likeness (QED) is 0.0264. The highest BCUT2D eigenvalue weighted by molar-refractivity contribution is 5.71. The van der Waals surface area contributed by atoms with E-state index in [1.807, 2.05) is 0 Å². The predicted molar refractivity (Wildman–Crippen MR) is 247 cm³/mol. The summed E-state index contributed by atoms with van der Waals surface area (Å²) in [4.78, 5) is 37.8. The van der Waals surface area contributed by atoms with Gasteiger partial charge >= 0.3 is 17.9 Å². The van der Waals surface area contributed by atoms with Crippen molar-refractivity contribution in [3.8, 4) is 0 Å². The molecule has 0 aromatic heterocycles. The van der Waals surface area contributed by atoms with E-state index in [4.69, 9.17) is 14.2 Å². The molecule has 1 unspecified atom stereocenters. The average molecular weight is 813 g/mol. The summed E-state index contributed by atoms with van der Waals surface area (Å²) in [6.45, 7) is 6.49. The zero-order chi connectivity index (χ0) is 42.3. The molecule has 0 aliphatic heterocycles. The Balaban J connectivity index is 4.33. The number of carbonyl (C=O) groups excluding carboxylic acids is 3. The van der Waals surface area contributed by atoms with E-state index < -0.39 is 6.10 Å². The van der Waals surface area contributed by atoms with E-state index in [1.54, 1.807) is 0 Å². The van der Waals surface area contributed by atoms with Crippen molar-refractivity contribution >= 4 is 17.9 Å². The standard InChI is InChI=1S/C52H92O6/c1-4-7-10-13-16-19-22-23-24-25-26-27-28-31-33-36-39-42-45-51(54)57-48-49(58-52(55)46-43-40-37-34-30-21-18-15-12-9-6-3)47-56-50(53)44-41-38-35-32-29-20-17-14-11-8-5-2/h14-15,17-18,20-21,29-30,49H,4-13,16,19,22-28,31-48H2,1-3H3/b17-14-,18-15-,29-20-,30-21-. The van der Waals surface area contributed by atoms with E-state index in [0.717, 1.165) is 83.5 Å². The smallest absolute Gasteiger partial charge is 0.306 e. The summed E-state index contributed by atoms with van der Waals surface area (Å²) in [7, 11) is 0. The minimum absolute atomic E-state index is 0.0906. The third-order valence-electron chi connectivity index (χ3n) is 10.6. The zero-order valence-electron chi connectivity index (χ0n) is 38.3. The second-order valence-corrected chi connectivity index (χ2v) is 16.4. The van der Waals surface area contributed by atoms with Crippen LogP contribution in [0.15, 0.2) is 48.6 Å². The second-order valence-electron chi connectivity index (χ2n) is 16.4. The van der Waals surface area contributed by atoms with Crippen molar-refractivity contribution in [2.75, 3.05) is 13.2 Å². The maximum Gasteiger partial charge on any atom is 0.306 e. The molecule has 0 radical (unpaired) electrons. The van der Waals surface area contributed by atoms with Gasteiger partial charge in [-0.2, -0.15) is 0 Å². The van der Waals surface area contributed by atoms with Gasteiger partial charge in [0.25, 0.3) is 0 Å². The SMILES string of the molecule is CCCC/C=C\C=C/CCCCCC(=O)OCC(COC(=O)CCCCCCCCCCCCCCCCCCCC)OC(=O)CCCCC/C=C\C=C/CCCC. The van der Waals surface area contributed by atoms with Gasteiger partial charge in [-0.3, -0.25) is 14.4 Å². The van der Waals surface area contributed by atoms with Crippen molar-refractivity contribution in [2.45, 2.75) is 252 Å². The number of hydrogen-bond acceptors (Lipinski definition) is 6. The highest BCUT2D eigenvalue weighted by atomic mass is 16.6. The Morgan fingerprint density at radius 2 is 0.621 bits per heavy atom. The molecular formula is C52H92O6. The Morgan fingerprint density at radius 3 is 0.966 bits per heavy atom. The number of ether oxygens (including phenoxy) is 3. The molecule has 0 aliphatic carbocycles. The maximum atomic E-state index is 12.7. The summed E-state index contributed by atoms with van der Waals surface area (Å²) in [5.74, 6) is -0.945. The largest absolute Gasteiger partial charge is 0.462 e. The van der Waals surface area contributed by atoms with E-state index in [9.17, 15) is 14.4 Å². The van der Waals surface area contributed by atoms with Crippen LogP contribution >= 0.6 is 0 Å². The summed E-state index contributed by atoms with van der Waals surface area (Å²) in [5, 5.41) is 0. The lowest BCUT2D eigenvalue weighted by molar-refractivity contribution is -0.167. The molecule has 0 bridgehead atoms. The lowest BCUT2D eigenvalue weighted by atomic mass is 10.0. The van der Waals surface area contributed by atoms with Crippen LogP contribution in [0.5, 0.6) is 0 Å². The van der Waals surface area contributed by atoms with Gasteiger partial charge in [-0.05, 0) is 57.8 Å². The predicted octanol–water partition coefficient (Wildman–Crippen LogP) is 15.9. The first-order chi connectivity index (χ1) is 28.5. The molecule has 0 spiro atoms. The lowest BCUT2D eigenvalue weighted by Crippen LogP contribution is -2.30. The molecule has 0 saturated heterocycles. The number of allylic oxidation sites excluding steroid dienone is 8. The van der Waals surface area contributed by atoms with Crippen LogP contribution in [0.2, 0.25) is 0 Å². The minimum atomic E-state index is -0.793. The van der Waals surface area contributed by atoms with Crippen molar-refractivity contribution in [2.24, 2.45) is 0 Å². The first kappa shape index (κ1) is 55.4. The van der Waals surface area contributed by atoms with Crippen LogP contribution in [0.1, 0.15) is 245 Å². The Labute approximate surface area is 358 Å². The third kappa shape index (κ3) is 44.5. The van der Waals surface area contributed by atoms with Crippen LogP contribution in [0, 0.1) is 0 Å². The fourth-order valence-corrected chi connectivity index (χ4v) is 6.81. The van der Waals surface area contributed by atoms with Gasteiger partial charge in [0.1, 0.15) is 13.2 Å². The monoisotopic (exact) mass is 813 g/mol. The molecule has 1 atom stereocenters. The number of esters is 3. The van der Waals surface area contributed by atoms with E-state index >= 15 is 0 Å². The Kier molecular flexibility index (Phi) is 44.9. The molecule has 0 aliphatic rings. The zero-order valence-corrected chi connectivity index (χ0v) is 38.3. The van der Waals surface area contributed by atoms with Crippen LogP contribution in [0.3, 0.4) is 0 Å². The van der Waals surface area contributed by atoms with Gasteiger partial charge < -0.3 is 14.2 Å². The fourth-order valence-electron chi connectivity index (χ4n) is 6.81. The summed E-state index contributed by atoms with van der Waals surface area (Å²) in [6, 6.07) is 0. The van der Waals surface area contributed by atoms with Gasteiger partial charge in [0, 0.05) is 19.3 Å². The third-order valence-corrected chi connectivity index (χ3v) is 10.6. The van der Waals surface area contributed by atoms with E-state index in [1.165, 1.54) is 122 Å². The van der Waals surface area contributed by atoms with Crippen molar-refractivity contribution in [1.29, 1.82) is 0 Å². The summed E-state index contributed by atoms with van der Waals surface area (Å²) < 4.78 is 16.7. The maximum absolute atomic E-state index is 12.7. The second kappa shape index (κ2) is 47.1. The van der Waals surface area contributed by atoms with E-state index in [2.05, 4.69) is 69.4 Å². The fraction of sp³-hybridized carbons (Fsp3) is 0.788. The van der Waals surface area contributed by atoms with Crippen molar-refractivity contribution in [3.05, 3.63) is 48.6 Å². The van der Waals surface area contributed by atoms with Gasteiger partial charge in [0.05, 0.1) is 0 Å². The van der Waals surface area contributed by atoms with Crippen LogP contribution in [-0.4, -0.2) is 37.2 Å². The first-order valence-corrected chi connectivity index (χ1v) is 24.7. The van der Waals surface area contributed by atoms with Crippen LogP contribution < -0.4 is 0 Å². The molecule has 0 saturated carbocycles. The first-order valence-electron chi connectivity index (χ1n) is 24.7.